The molecule has 0 aliphatic rings. The van der Waals surface area contributed by atoms with Crippen molar-refractivity contribution in [3.8, 4) is 0 Å². The van der Waals surface area contributed by atoms with E-state index in [-0.39, 0.29) is 16.8 Å². The fourth-order valence-corrected chi connectivity index (χ4v) is 6.07. The highest BCUT2D eigenvalue weighted by Gasteiger charge is 2.17. The number of fused-ring (bicyclic) bond motifs is 9. The first-order valence-corrected chi connectivity index (χ1v) is 12.9. The minimum Gasteiger partial charge on any atom is -0.337 e. The molecule has 8 aromatic rings. The molecule has 0 spiro atoms. The molecular formula is C29H16FN7OS. The number of para-hydroxylation sites is 1. The zero-order valence-corrected chi connectivity index (χ0v) is 20.8. The van der Waals surface area contributed by atoms with Crippen molar-refractivity contribution in [1.29, 1.82) is 0 Å². The zero-order chi connectivity index (χ0) is 26.1. The van der Waals surface area contributed by atoms with Gasteiger partial charge in [0.05, 0.1) is 39.8 Å². The Hall–Kier alpha value is -5.22. The molecular weight excluding hydrogens is 513 g/mol. The fraction of sp³-hybridized carbons (Fsp3) is 0. The number of hydrogen-bond donors (Lipinski definition) is 2. The Labute approximate surface area is 222 Å². The summed E-state index contributed by atoms with van der Waals surface area (Å²) in [6.07, 6.45) is 4.68. The number of rotatable bonds is 1. The molecule has 0 fully saturated rings. The standard InChI is InChI=1S/C29H16FN7OS/c30-24-23-20-14-32-25(24)16-11-17(13-31-12-16)37(29(38)15-5-2-1-3-6-15)22-10-9-21(39-22)18-7-4-8-19-26(18)34-28(33-19)27(23)36-35-20/h1-14H,(H,33,34)(H,35,36). The van der Waals surface area contributed by atoms with E-state index in [4.69, 9.17) is 4.98 Å². The molecule has 6 aromatic heterocycles. The third-order valence-corrected chi connectivity index (χ3v) is 7.94. The molecule has 6 heterocycles. The topological polar surface area (TPSA) is 105 Å². The Morgan fingerprint density at radius 2 is 1.79 bits per heavy atom. The first-order chi connectivity index (χ1) is 19.2. The number of benzene rings is 2. The van der Waals surface area contributed by atoms with Crippen LogP contribution in [0.25, 0.3) is 64.4 Å². The number of nitrogens with zero attached hydrogens (tertiary/aromatic N) is 5. The van der Waals surface area contributed by atoms with Gasteiger partial charge in [-0.25, -0.2) is 9.37 Å². The van der Waals surface area contributed by atoms with Crippen molar-refractivity contribution in [2.45, 2.75) is 0 Å². The number of halogens is 1. The highest BCUT2D eigenvalue weighted by molar-refractivity contribution is 7.24. The predicted molar refractivity (Wildman–Crippen MR) is 151 cm³/mol. The number of carbonyl (C=O) groups is 1. The number of pyridine rings is 2. The van der Waals surface area contributed by atoms with Crippen molar-refractivity contribution in [3.05, 3.63) is 96.7 Å². The van der Waals surface area contributed by atoms with Gasteiger partial charge in [-0.2, -0.15) is 5.10 Å². The lowest BCUT2D eigenvalue weighted by molar-refractivity contribution is 0.0969. The van der Waals surface area contributed by atoms with Gasteiger partial charge in [0, 0.05) is 27.2 Å². The Balaban J connectivity index is 1.64. The highest BCUT2D eigenvalue weighted by Crippen LogP contribution is 2.32. The van der Waals surface area contributed by atoms with Gasteiger partial charge >= 0.3 is 0 Å². The van der Waals surface area contributed by atoms with Crippen LogP contribution >= 0.6 is 11.3 Å². The Morgan fingerprint density at radius 1 is 0.897 bits per heavy atom. The predicted octanol–water partition coefficient (Wildman–Crippen LogP) is 6.66. The van der Waals surface area contributed by atoms with Crippen LogP contribution in [0.1, 0.15) is 10.4 Å². The number of hydrogen-bond acceptors (Lipinski definition) is 6. The molecule has 0 saturated heterocycles. The van der Waals surface area contributed by atoms with E-state index in [1.807, 2.05) is 48.5 Å². The van der Waals surface area contributed by atoms with Gasteiger partial charge in [-0.3, -0.25) is 24.4 Å². The van der Waals surface area contributed by atoms with Crippen LogP contribution in [-0.2, 0) is 0 Å². The van der Waals surface area contributed by atoms with Gasteiger partial charge in [0.1, 0.15) is 15.9 Å². The van der Waals surface area contributed by atoms with Crippen molar-refractivity contribution in [2.24, 2.45) is 0 Å². The van der Waals surface area contributed by atoms with Crippen molar-refractivity contribution in [1.82, 2.24) is 34.7 Å². The number of aromatic nitrogens is 7. The summed E-state index contributed by atoms with van der Waals surface area (Å²) in [5.41, 5.74) is 3.89. The lowest BCUT2D eigenvalue weighted by atomic mass is 10.2. The van der Waals surface area contributed by atoms with Crippen molar-refractivity contribution in [2.75, 3.05) is 0 Å². The lowest BCUT2D eigenvalue weighted by Gasteiger charge is -2.08. The molecule has 0 saturated carbocycles. The monoisotopic (exact) mass is 529 g/mol. The van der Waals surface area contributed by atoms with Crippen LogP contribution in [0.5, 0.6) is 0 Å². The lowest BCUT2D eigenvalue weighted by Crippen LogP contribution is -2.12. The Morgan fingerprint density at radius 3 is 2.69 bits per heavy atom. The second kappa shape index (κ2) is 8.14. The van der Waals surface area contributed by atoms with E-state index in [0.29, 0.717) is 38.0 Å². The average Bonchev–Trinajstić information content (AvgIpc) is 3.72. The molecule has 8 bridgehead atoms. The van der Waals surface area contributed by atoms with Crippen molar-refractivity contribution < 1.29 is 9.18 Å². The van der Waals surface area contributed by atoms with E-state index in [9.17, 15) is 4.79 Å². The summed E-state index contributed by atoms with van der Waals surface area (Å²) in [4.78, 5) is 31.5. The molecule has 0 amide bonds. The van der Waals surface area contributed by atoms with E-state index < -0.39 is 5.82 Å². The smallest absolute Gasteiger partial charge is 0.263 e. The van der Waals surface area contributed by atoms with Gasteiger partial charge in [-0.1, -0.05) is 30.3 Å². The molecule has 8 rings (SSSR count). The molecule has 10 heteroatoms. The quantitative estimate of drug-likeness (QED) is 0.247. The molecule has 0 unspecified atom stereocenters. The van der Waals surface area contributed by atoms with Crippen LogP contribution in [0.15, 0.2) is 85.3 Å². The first kappa shape index (κ1) is 21.8. The molecule has 8 nitrogen and oxygen atoms in total. The van der Waals surface area contributed by atoms with Crippen LogP contribution < -0.4 is 0 Å². The number of carbonyl (C=O) groups excluding carboxylic acids is 1. The van der Waals surface area contributed by atoms with Crippen molar-refractivity contribution in [3.63, 3.8) is 0 Å². The van der Waals surface area contributed by atoms with E-state index in [2.05, 4.69) is 25.1 Å². The van der Waals surface area contributed by atoms with Crippen LogP contribution in [0, 0.1) is 5.82 Å². The maximum absolute atomic E-state index is 16.2. The molecule has 0 aliphatic heterocycles. The first-order valence-electron chi connectivity index (χ1n) is 12.1. The Kier molecular flexibility index (Phi) is 4.55. The van der Waals surface area contributed by atoms with E-state index in [1.54, 1.807) is 35.2 Å². The van der Waals surface area contributed by atoms with Crippen molar-refractivity contribution >= 4 is 81.7 Å². The van der Waals surface area contributed by atoms with Crippen LogP contribution in [0.3, 0.4) is 0 Å². The SMILES string of the molecule is O=C(c1ccccc1)n1c2cncc(c2)c2ncc3[nH]nc(c4nc5c(cccc5c5ccc1s5)[nH]4)c3c2F. The van der Waals surface area contributed by atoms with Gasteiger partial charge in [-0.05, 0) is 36.4 Å². The number of nitrogens with one attached hydrogen (secondary N) is 2. The number of thiophene rings is 1. The van der Waals surface area contributed by atoms with Gasteiger partial charge in [0.25, 0.3) is 5.91 Å². The minimum atomic E-state index is -0.551. The van der Waals surface area contributed by atoms with Crippen LogP contribution in [0.2, 0.25) is 0 Å². The van der Waals surface area contributed by atoms with Crippen LogP contribution in [-0.4, -0.2) is 40.6 Å². The van der Waals surface area contributed by atoms with E-state index >= 15 is 4.39 Å². The summed E-state index contributed by atoms with van der Waals surface area (Å²) in [6, 6.07) is 20.5. The molecule has 0 aliphatic carbocycles. The molecule has 2 aromatic carbocycles. The van der Waals surface area contributed by atoms with Gasteiger partial charge in [0.2, 0.25) is 0 Å². The summed E-state index contributed by atoms with van der Waals surface area (Å²) < 4.78 is 18.7. The second-order valence-electron chi connectivity index (χ2n) is 9.15. The maximum atomic E-state index is 16.2. The van der Waals surface area contributed by atoms with E-state index in [1.165, 1.54) is 17.5 Å². The van der Waals surface area contributed by atoms with Gasteiger partial charge in [-0.15, -0.1) is 11.3 Å². The summed E-state index contributed by atoms with van der Waals surface area (Å²) in [5.74, 6) is -0.780. The minimum absolute atomic E-state index is 0.102. The van der Waals surface area contributed by atoms with Gasteiger partial charge < -0.3 is 4.98 Å². The second-order valence-corrected chi connectivity index (χ2v) is 10.2. The molecule has 186 valence electrons. The summed E-state index contributed by atoms with van der Waals surface area (Å²) in [6.45, 7) is 0. The van der Waals surface area contributed by atoms with E-state index in [0.717, 1.165) is 21.1 Å². The maximum Gasteiger partial charge on any atom is 0.263 e. The third kappa shape index (κ3) is 3.25. The summed E-state index contributed by atoms with van der Waals surface area (Å²) in [5, 5.41) is 8.85. The molecule has 39 heavy (non-hydrogen) atoms. The number of imidazole rings is 1. The third-order valence-electron chi connectivity index (χ3n) is 6.84. The largest absolute Gasteiger partial charge is 0.337 e. The molecule has 2 N–H and O–H groups in total. The van der Waals surface area contributed by atoms with Crippen LogP contribution in [0.4, 0.5) is 4.39 Å². The number of aromatic amines is 2. The van der Waals surface area contributed by atoms with Gasteiger partial charge in [0.15, 0.2) is 11.5 Å². The molecule has 0 atom stereocenters. The zero-order valence-electron chi connectivity index (χ0n) is 20.0. The molecule has 0 radical (unpaired) electrons. The normalized spacial score (nSPS) is 11.8. The fourth-order valence-electron chi connectivity index (χ4n) is 5.02. The summed E-state index contributed by atoms with van der Waals surface area (Å²) >= 11 is 1.46. The Bertz CT molecular complexity index is 2330. The average molecular weight is 530 g/mol. The number of H-pyrrole nitrogens is 2. The highest BCUT2D eigenvalue weighted by atomic mass is 32.1. The summed E-state index contributed by atoms with van der Waals surface area (Å²) in [7, 11) is 0.